The number of hydrogen-bond acceptors (Lipinski definition) is 1. The highest BCUT2D eigenvalue weighted by molar-refractivity contribution is 5.37. The van der Waals surface area contributed by atoms with Crippen molar-refractivity contribution in [3.8, 4) is 0 Å². The van der Waals surface area contributed by atoms with Gasteiger partial charge in [0.05, 0.1) is 5.57 Å². The minimum absolute atomic E-state index is 0.200. The summed E-state index contributed by atoms with van der Waals surface area (Å²) in [6.07, 6.45) is 0.785. The van der Waals surface area contributed by atoms with Gasteiger partial charge in [-0.3, -0.25) is 0 Å². The van der Waals surface area contributed by atoms with Crippen LogP contribution in [0.25, 0.3) is 0 Å². The van der Waals surface area contributed by atoms with Crippen LogP contribution in [-0.4, -0.2) is 6.18 Å². The van der Waals surface area contributed by atoms with E-state index < -0.39 is 11.7 Å². The molecule has 0 amide bonds. The zero-order valence-corrected chi connectivity index (χ0v) is 9.10. The fraction of sp³-hybridized carbons (Fsp3) is 0.455. The van der Waals surface area contributed by atoms with E-state index in [0.29, 0.717) is 0 Å². The van der Waals surface area contributed by atoms with E-state index in [0.717, 1.165) is 6.08 Å². The second kappa shape index (κ2) is 5.63. The molecule has 0 spiro atoms. The topological polar surface area (TPSA) is 26.0 Å². The fourth-order valence-electron chi connectivity index (χ4n) is 1.25. The molecule has 0 aliphatic carbocycles. The SMILES string of the molecule is C\C=C(/C(=C\C=C/N)C(C)C)C(F)(F)F. The van der Waals surface area contributed by atoms with Crippen LogP contribution in [0.5, 0.6) is 0 Å². The monoisotopic (exact) mass is 219 g/mol. The van der Waals surface area contributed by atoms with Crippen LogP contribution >= 0.6 is 0 Å². The standard InChI is InChI=1S/C11H16F3N/c1-4-10(11(12,13)14)9(8(2)3)6-5-7-15/h4-8H,15H2,1-3H3/b7-5-,9-6-,10-4+. The van der Waals surface area contributed by atoms with E-state index in [1.54, 1.807) is 13.8 Å². The number of rotatable bonds is 3. The van der Waals surface area contributed by atoms with E-state index in [-0.39, 0.29) is 11.5 Å². The molecule has 0 heterocycles. The molecular formula is C11H16F3N. The number of nitrogens with two attached hydrogens (primary N) is 1. The smallest absolute Gasteiger partial charge is 0.405 e. The average Bonchev–Trinajstić information content (AvgIpc) is 2.09. The molecule has 0 aromatic carbocycles. The molecule has 0 saturated carbocycles. The molecule has 0 rings (SSSR count). The molecule has 86 valence electrons. The van der Waals surface area contributed by atoms with Crippen LogP contribution in [0.1, 0.15) is 20.8 Å². The maximum atomic E-state index is 12.6. The summed E-state index contributed by atoms with van der Waals surface area (Å²) in [5, 5.41) is 0. The van der Waals surface area contributed by atoms with Crippen molar-refractivity contribution in [2.24, 2.45) is 11.7 Å². The number of allylic oxidation sites excluding steroid dienone is 5. The summed E-state index contributed by atoms with van der Waals surface area (Å²) < 4.78 is 37.8. The molecular weight excluding hydrogens is 203 g/mol. The van der Waals surface area contributed by atoms with Gasteiger partial charge in [0.1, 0.15) is 0 Å². The van der Waals surface area contributed by atoms with Gasteiger partial charge in [-0.15, -0.1) is 0 Å². The first-order valence-electron chi connectivity index (χ1n) is 4.67. The third-order valence-electron chi connectivity index (χ3n) is 1.91. The van der Waals surface area contributed by atoms with Gasteiger partial charge in [-0.1, -0.05) is 26.0 Å². The van der Waals surface area contributed by atoms with Gasteiger partial charge in [-0.05, 0) is 30.7 Å². The first kappa shape index (κ1) is 13.8. The predicted molar refractivity (Wildman–Crippen MR) is 56.1 cm³/mol. The van der Waals surface area contributed by atoms with Crippen molar-refractivity contribution in [3.63, 3.8) is 0 Å². The van der Waals surface area contributed by atoms with Crippen molar-refractivity contribution in [3.05, 3.63) is 35.6 Å². The maximum Gasteiger partial charge on any atom is 0.416 e. The second-order valence-corrected chi connectivity index (χ2v) is 3.36. The summed E-state index contributed by atoms with van der Waals surface area (Å²) in [4.78, 5) is 0. The van der Waals surface area contributed by atoms with E-state index in [2.05, 4.69) is 0 Å². The summed E-state index contributed by atoms with van der Waals surface area (Å²) in [5.74, 6) is -0.200. The minimum atomic E-state index is -4.31. The van der Waals surface area contributed by atoms with Gasteiger partial charge in [0.15, 0.2) is 0 Å². The highest BCUT2D eigenvalue weighted by Crippen LogP contribution is 2.34. The third kappa shape index (κ3) is 4.23. The van der Waals surface area contributed by atoms with Crippen molar-refractivity contribution in [2.45, 2.75) is 26.9 Å². The van der Waals surface area contributed by atoms with Crippen LogP contribution in [0.3, 0.4) is 0 Å². The molecule has 0 aliphatic rings. The molecule has 1 nitrogen and oxygen atoms in total. The number of hydrogen-bond donors (Lipinski definition) is 1. The van der Waals surface area contributed by atoms with E-state index in [1.807, 2.05) is 0 Å². The van der Waals surface area contributed by atoms with Crippen LogP contribution < -0.4 is 5.73 Å². The molecule has 4 heteroatoms. The van der Waals surface area contributed by atoms with Crippen LogP contribution in [0.2, 0.25) is 0 Å². The molecule has 0 aromatic heterocycles. The lowest BCUT2D eigenvalue weighted by molar-refractivity contribution is -0.0901. The van der Waals surface area contributed by atoms with Crippen molar-refractivity contribution in [2.75, 3.05) is 0 Å². The molecule has 0 unspecified atom stereocenters. The van der Waals surface area contributed by atoms with Crippen LogP contribution in [0.4, 0.5) is 13.2 Å². The Hall–Kier alpha value is -1.19. The van der Waals surface area contributed by atoms with Crippen molar-refractivity contribution in [1.29, 1.82) is 0 Å². The molecule has 0 radical (unpaired) electrons. The Morgan fingerprint density at radius 1 is 1.27 bits per heavy atom. The highest BCUT2D eigenvalue weighted by atomic mass is 19.4. The fourth-order valence-corrected chi connectivity index (χ4v) is 1.25. The summed E-state index contributed by atoms with van der Waals surface area (Å²) in [5.41, 5.74) is 4.74. The maximum absolute atomic E-state index is 12.6. The Labute approximate surface area is 88.2 Å². The number of halogens is 3. The van der Waals surface area contributed by atoms with Crippen LogP contribution in [0.15, 0.2) is 35.6 Å². The van der Waals surface area contributed by atoms with E-state index in [4.69, 9.17) is 5.73 Å². The zero-order chi connectivity index (χ0) is 12.1. The summed E-state index contributed by atoms with van der Waals surface area (Å²) >= 11 is 0. The van der Waals surface area contributed by atoms with E-state index in [1.165, 1.54) is 25.3 Å². The van der Waals surface area contributed by atoms with E-state index >= 15 is 0 Å². The Morgan fingerprint density at radius 2 is 1.80 bits per heavy atom. The van der Waals surface area contributed by atoms with Gasteiger partial charge in [0.25, 0.3) is 0 Å². The summed E-state index contributed by atoms with van der Waals surface area (Å²) in [6.45, 7) is 4.81. The summed E-state index contributed by atoms with van der Waals surface area (Å²) in [6, 6.07) is 0. The largest absolute Gasteiger partial charge is 0.416 e. The van der Waals surface area contributed by atoms with Gasteiger partial charge in [0, 0.05) is 0 Å². The third-order valence-corrected chi connectivity index (χ3v) is 1.91. The van der Waals surface area contributed by atoms with Crippen LogP contribution in [-0.2, 0) is 0 Å². The second-order valence-electron chi connectivity index (χ2n) is 3.36. The molecule has 0 bridgehead atoms. The van der Waals surface area contributed by atoms with Crippen molar-refractivity contribution >= 4 is 0 Å². The summed E-state index contributed by atoms with van der Waals surface area (Å²) in [7, 11) is 0. The molecule has 0 atom stereocenters. The molecule has 15 heavy (non-hydrogen) atoms. The Morgan fingerprint density at radius 3 is 2.07 bits per heavy atom. The Kier molecular flexibility index (Phi) is 5.19. The first-order chi connectivity index (χ1) is 6.84. The highest BCUT2D eigenvalue weighted by Gasteiger charge is 2.35. The number of alkyl halides is 3. The molecule has 0 aromatic rings. The van der Waals surface area contributed by atoms with Gasteiger partial charge in [-0.2, -0.15) is 13.2 Å². The van der Waals surface area contributed by atoms with Gasteiger partial charge in [-0.25, -0.2) is 0 Å². The van der Waals surface area contributed by atoms with Crippen LogP contribution in [0, 0.1) is 5.92 Å². The zero-order valence-electron chi connectivity index (χ0n) is 9.10. The molecule has 0 aliphatic heterocycles. The molecule has 0 fully saturated rings. The van der Waals surface area contributed by atoms with E-state index in [9.17, 15) is 13.2 Å². The lowest BCUT2D eigenvalue weighted by Crippen LogP contribution is -2.16. The van der Waals surface area contributed by atoms with Gasteiger partial charge < -0.3 is 5.73 Å². The van der Waals surface area contributed by atoms with Gasteiger partial charge >= 0.3 is 6.18 Å². The Balaban J connectivity index is 5.26. The minimum Gasteiger partial charge on any atom is -0.405 e. The lowest BCUT2D eigenvalue weighted by atomic mass is 9.94. The lowest BCUT2D eigenvalue weighted by Gasteiger charge is -2.17. The quantitative estimate of drug-likeness (QED) is 0.722. The van der Waals surface area contributed by atoms with Gasteiger partial charge in [0.2, 0.25) is 0 Å². The Bertz CT molecular complexity index is 283. The first-order valence-corrected chi connectivity index (χ1v) is 4.67. The van der Waals surface area contributed by atoms with Crippen molar-refractivity contribution in [1.82, 2.24) is 0 Å². The average molecular weight is 219 g/mol. The molecule has 2 N–H and O–H groups in total. The normalized spacial score (nSPS) is 15.4. The predicted octanol–water partition coefficient (Wildman–Crippen LogP) is 3.55. The molecule has 0 saturated heterocycles. The van der Waals surface area contributed by atoms with Crippen molar-refractivity contribution < 1.29 is 13.2 Å².